The molecule has 0 fully saturated rings. The summed E-state index contributed by atoms with van der Waals surface area (Å²) in [6, 6.07) is 8.31. The van der Waals surface area contributed by atoms with Crippen molar-refractivity contribution >= 4 is 10.9 Å². The molecule has 1 N–H and O–H groups in total. The number of H-pyrrole nitrogens is 1. The minimum atomic E-state index is 0.747. The van der Waals surface area contributed by atoms with Crippen LogP contribution in [0.3, 0.4) is 0 Å². The van der Waals surface area contributed by atoms with E-state index in [1.165, 1.54) is 17.8 Å². The molecule has 20 heavy (non-hydrogen) atoms. The van der Waals surface area contributed by atoms with E-state index in [0.29, 0.717) is 0 Å². The number of benzene rings is 1. The molecule has 0 saturated carbocycles. The molecular formula is C16H18N4. The Morgan fingerprint density at radius 3 is 3.05 bits per heavy atom. The maximum Gasteiger partial charge on any atom is 0.159 e. The third-order valence-corrected chi connectivity index (χ3v) is 4.27. The number of aromatic amines is 1. The fourth-order valence-corrected chi connectivity index (χ4v) is 3.16. The molecular weight excluding hydrogens is 248 g/mol. The van der Waals surface area contributed by atoms with Crippen molar-refractivity contribution in [1.82, 2.24) is 19.7 Å². The topological polar surface area (TPSA) is 46.5 Å². The molecule has 0 bridgehead atoms. The largest absolute Gasteiger partial charge is 0.340 e. The number of fused-ring (bicyclic) bond motifs is 2. The fourth-order valence-electron chi connectivity index (χ4n) is 3.16. The Hall–Kier alpha value is -2.10. The second-order valence-electron chi connectivity index (χ2n) is 5.85. The molecule has 102 valence electrons. The predicted octanol–water partition coefficient (Wildman–Crippen LogP) is 3.09. The van der Waals surface area contributed by atoms with Gasteiger partial charge in [0.2, 0.25) is 0 Å². The summed E-state index contributed by atoms with van der Waals surface area (Å²) in [5, 5.41) is 5.81. The third kappa shape index (κ3) is 1.68. The molecule has 0 spiro atoms. The van der Waals surface area contributed by atoms with E-state index >= 15 is 0 Å². The second kappa shape index (κ2) is 4.20. The van der Waals surface area contributed by atoms with Gasteiger partial charge in [-0.25, -0.2) is 4.98 Å². The normalized spacial score (nSPS) is 18.4. The van der Waals surface area contributed by atoms with Gasteiger partial charge in [-0.1, -0.05) is 25.1 Å². The van der Waals surface area contributed by atoms with E-state index in [1.54, 1.807) is 0 Å². The predicted molar refractivity (Wildman–Crippen MR) is 79.5 cm³/mol. The fraction of sp³-hybridized carbons (Fsp3) is 0.375. The molecule has 0 saturated heterocycles. The van der Waals surface area contributed by atoms with Gasteiger partial charge in [0.25, 0.3) is 0 Å². The summed E-state index contributed by atoms with van der Waals surface area (Å²) in [7, 11) is 1.98. The average Bonchev–Trinajstić information content (AvgIpc) is 3.00. The molecule has 0 aliphatic heterocycles. The van der Waals surface area contributed by atoms with Crippen molar-refractivity contribution in [1.29, 1.82) is 0 Å². The Morgan fingerprint density at radius 1 is 1.30 bits per heavy atom. The van der Waals surface area contributed by atoms with Gasteiger partial charge in [-0.3, -0.25) is 4.68 Å². The third-order valence-electron chi connectivity index (χ3n) is 4.27. The van der Waals surface area contributed by atoms with Gasteiger partial charge >= 0.3 is 0 Å². The maximum atomic E-state index is 4.79. The molecule has 0 radical (unpaired) electrons. The summed E-state index contributed by atoms with van der Waals surface area (Å²) >= 11 is 0. The Balaban J connectivity index is 1.88. The number of aryl methyl sites for hydroxylation is 2. The highest BCUT2D eigenvalue weighted by molar-refractivity contribution is 5.91. The van der Waals surface area contributed by atoms with Gasteiger partial charge in [0.05, 0.1) is 11.2 Å². The number of rotatable bonds is 1. The lowest BCUT2D eigenvalue weighted by Crippen LogP contribution is -2.10. The zero-order valence-corrected chi connectivity index (χ0v) is 11.8. The van der Waals surface area contributed by atoms with Crippen LogP contribution in [0.2, 0.25) is 0 Å². The van der Waals surface area contributed by atoms with Crippen LogP contribution in [0.15, 0.2) is 24.3 Å². The van der Waals surface area contributed by atoms with Gasteiger partial charge in [0.1, 0.15) is 5.69 Å². The highest BCUT2D eigenvalue weighted by Gasteiger charge is 2.21. The van der Waals surface area contributed by atoms with Crippen molar-refractivity contribution in [2.24, 2.45) is 13.0 Å². The van der Waals surface area contributed by atoms with Crippen LogP contribution in [-0.4, -0.2) is 19.7 Å². The lowest BCUT2D eigenvalue weighted by Gasteiger charge is -2.15. The van der Waals surface area contributed by atoms with Crippen LogP contribution >= 0.6 is 0 Å². The number of hydrogen-bond donors (Lipinski definition) is 1. The van der Waals surface area contributed by atoms with Crippen LogP contribution in [0.5, 0.6) is 0 Å². The number of para-hydroxylation sites is 1. The molecule has 3 aromatic rings. The van der Waals surface area contributed by atoms with Crippen LogP contribution in [-0.2, 0) is 19.9 Å². The molecule has 2 aromatic heterocycles. The average molecular weight is 266 g/mol. The van der Waals surface area contributed by atoms with Crippen molar-refractivity contribution in [3.63, 3.8) is 0 Å². The van der Waals surface area contributed by atoms with E-state index in [1.807, 2.05) is 17.8 Å². The number of hydrogen-bond acceptors (Lipinski definition) is 2. The number of aromatic nitrogens is 4. The quantitative estimate of drug-likeness (QED) is 0.735. The molecule has 1 atom stereocenters. The van der Waals surface area contributed by atoms with Crippen molar-refractivity contribution in [3.05, 3.63) is 35.7 Å². The van der Waals surface area contributed by atoms with Crippen molar-refractivity contribution < 1.29 is 0 Å². The van der Waals surface area contributed by atoms with Crippen molar-refractivity contribution in [2.75, 3.05) is 0 Å². The summed E-state index contributed by atoms with van der Waals surface area (Å²) in [5.74, 6) is 1.66. The molecule has 1 unspecified atom stereocenters. The van der Waals surface area contributed by atoms with Crippen LogP contribution in [0, 0.1) is 5.92 Å². The van der Waals surface area contributed by atoms with Crippen LogP contribution < -0.4 is 0 Å². The van der Waals surface area contributed by atoms with Gasteiger partial charge in [-0.15, -0.1) is 0 Å². The van der Waals surface area contributed by atoms with E-state index in [0.717, 1.165) is 41.2 Å². The summed E-state index contributed by atoms with van der Waals surface area (Å²) in [4.78, 5) is 8.29. The van der Waals surface area contributed by atoms with Gasteiger partial charge in [0.15, 0.2) is 5.82 Å². The summed E-state index contributed by atoms with van der Waals surface area (Å²) in [5.41, 5.74) is 4.64. The maximum absolute atomic E-state index is 4.79. The first-order valence-electron chi connectivity index (χ1n) is 7.22. The SMILES string of the molecule is CC1CCc2nc(-c3nn(C)c4ccccc34)[nH]c2C1. The monoisotopic (exact) mass is 266 g/mol. The van der Waals surface area contributed by atoms with Crippen LogP contribution in [0.25, 0.3) is 22.4 Å². The zero-order chi connectivity index (χ0) is 13.7. The Morgan fingerprint density at radius 2 is 2.15 bits per heavy atom. The van der Waals surface area contributed by atoms with E-state index in [9.17, 15) is 0 Å². The summed E-state index contributed by atoms with van der Waals surface area (Å²) in [6.07, 6.45) is 3.42. The van der Waals surface area contributed by atoms with Crippen molar-refractivity contribution in [3.8, 4) is 11.5 Å². The van der Waals surface area contributed by atoms with E-state index < -0.39 is 0 Å². The smallest absolute Gasteiger partial charge is 0.159 e. The molecule has 0 amide bonds. The Bertz CT molecular complexity index is 781. The molecule has 4 nitrogen and oxygen atoms in total. The van der Waals surface area contributed by atoms with Gasteiger partial charge in [-0.05, 0) is 31.2 Å². The molecule has 1 aliphatic carbocycles. The van der Waals surface area contributed by atoms with Gasteiger partial charge in [0, 0.05) is 18.1 Å². The molecule has 2 heterocycles. The first kappa shape index (κ1) is 11.7. The van der Waals surface area contributed by atoms with E-state index in [-0.39, 0.29) is 0 Å². The Labute approximate surface area is 117 Å². The molecule has 1 aromatic carbocycles. The number of imidazole rings is 1. The lowest BCUT2D eigenvalue weighted by atomic mass is 9.92. The standard InChI is InChI=1S/C16H18N4/c1-10-7-8-12-13(9-10)18-16(17-12)15-11-5-3-4-6-14(11)20(2)19-15/h3-6,10H,7-9H2,1-2H3,(H,17,18). The van der Waals surface area contributed by atoms with Gasteiger partial charge < -0.3 is 4.98 Å². The first-order valence-corrected chi connectivity index (χ1v) is 7.22. The van der Waals surface area contributed by atoms with Crippen LogP contribution in [0.4, 0.5) is 0 Å². The zero-order valence-electron chi connectivity index (χ0n) is 11.8. The Kier molecular flexibility index (Phi) is 2.46. The number of nitrogens with zero attached hydrogens (tertiary/aromatic N) is 3. The minimum absolute atomic E-state index is 0.747. The van der Waals surface area contributed by atoms with E-state index in [2.05, 4.69) is 35.2 Å². The summed E-state index contributed by atoms with van der Waals surface area (Å²) < 4.78 is 1.93. The first-order chi connectivity index (χ1) is 9.72. The number of nitrogens with one attached hydrogen (secondary N) is 1. The van der Waals surface area contributed by atoms with E-state index in [4.69, 9.17) is 4.98 Å². The summed E-state index contributed by atoms with van der Waals surface area (Å²) in [6.45, 7) is 2.31. The lowest BCUT2D eigenvalue weighted by molar-refractivity contribution is 0.492. The minimum Gasteiger partial charge on any atom is -0.340 e. The molecule has 4 rings (SSSR count). The highest BCUT2D eigenvalue weighted by Crippen LogP contribution is 2.29. The molecule has 1 aliphatic rings. The second-order valence-corrected chi connectivity index (χ2v) is 5.85. The van der Waals surface area contributed by atoms with Crippen molar-refractivity contribution in [2.45, 2.75) is 26.2 Å². The van der Waals surface area contributed by atoms with Crippen LogP contribution in [0.1, 0.15) is 24.7 Å². The highest BCUT2D eigenvalue weighted by atomic mass is 15.3. The molecule has 4 heteroatoms. The van der Waals surface area contributed by atoms with Gasteiger partial charge in [-0.2, -0.15) is 5.10 Å².